The Morgan fingerprint density at radius 3 is 2.71 bits per heavy atom. The number of rotatable bonds is 6. The molecule has 10 heteroatoms. The average molecular weight is 521 g/mol. The van der Waals surface area contributed by atoms with Crippen LogP contribution in [0.3, 0.4) is 0 Å². The topological polar surface area (TPSA) is 116 Å². The van der Waals surface area contributed by atoms with E-state index in [0.29, 0.717) is 22.0 Å². The number of carbonyl (C=O) groups is 1. The highest BCUT2D eigenvalue weighted by molar-refractivity contribution is 7.17. The maximum Gasteiger partial charge on any atom is 0.169 e. The first-order valence-corrected chi connectivity index (χ1v) is 13.4. The van der Waals surface area contributed by atoms with Crippen LogP contribution >= 0.6 is 11.3 Å². The fourth-order valence-corrected chi connectivity index (χ4v) is 5.98. The number of pyridine rings is 3. The van der Waals surface area contributed by atoms with Gasteiger partial charge < -0.3 is 4.98 Å². The predicted octanol–water partition coefficient (Wildman–Crippen LogP) is 5.49. The predicted molar refractivity (Wildman–Crippen MR) is 148 cm³/mol. The van der Waals surface area contributed by atoms with Gasteiger partial charge in [0.05, 0.1) is 22.0 Å². The molecule has 1 saturated heterocycles. The molecule has 38 heavy (non-hydrogen) atoms. The number of Topliss-reactive ketones (excluding diaryl/α,β-unsaturated/α-hetero) is 1. The van der Waals surface area contributed by atoms with Gasteiger partial charge in [0.2, 0.25) is 0 Å². The zero-order chi connectivity index (χ0) is 25.6. The number of aromatic amines is 2. The smallest absolute Gasteiger partial charge is 0.169 e. The van der Waals surface area contributed by atoms with E-state index in [1.165, 1.54) is 29.7 Å². The van der Waals surface area contributed by atoms with Crippen LogP contribution in [0.5, 0.6) is 0 Å². The highest BCUT2D eigenvalue weighted by Gasteiger charge is 2.18. The van der Waals surface area contributed by atoms with E-state index in [1.807, 2.05) is 30.7 Å². The molecule has 0 radical (unpaired) electrons. The summed E-state index contributed by atoms with van der Waals surface area (Å²) < 4.78 is 0. The summed E-state index contributed by atoms with van der Waals surface area (Å²) in [5.41, 5.74) is 7.04. The van der Waals surface area contributed by atoms with E-state index in [1.54, 1.807) is 19.3 Å². The molecule has 0 saturated carbocycles. The van der Waals surface area contributed by atoms with Gasteiger partial charge in [0.25, 0.3) is 0 Å². The second-order valence-corrected chi connectivity index (χ2v) is 10.7. The van der Waals surface area contributed by atoms with Crippen molar-refractivity contribution in [2.24, 2.45) is 0 Å². The number of imidazole rings is 1. The number of hydrogen-bond donors (Lipinski definition) is 2. The van der Waals surface area contributed by atoms with Crippen LogP contribution in [0.25, 0.3) is 55.2 Å². The third kappa shape index (κ3) is 4.07. The Bertz CT molecular complexity index is 1810. The van der Waals surface area contributed by atoms with Crippen molar-refractivity contribution >= 4 is 39.2 Å². The average Bonchev–Trinajstić information content (AvgIpc) is 3.74. The fourth-order valence-electron chi connectivity index (χ4n) is 5.07. The fraction of sp³-hybridized carbons (Fsp3) is 0.214. The summed E-state index contributed by atoms with van der Waals surface area (Å²) in [4.78, 5) is 37.8. The van der Waals surface area contributed by atoms with Gasteiger partial charge in [-0.3, -0.25) is 24.8 Å². The zero-order valence-corrected chi connectivity index (χ0v) is 21.5. The standard InChI is InChI=1S/C28H24N8OS/c1-16(37)23-4-5-24(38-23)21-13-30-14-22-25(21)33-28(32-22)26-20-9-19(12-31-27(20)35-34-26)18-8-17(10-29-11-18)15-36-6-2-3-7-36/h4-5,8-14H,2-3,6-7,15H2,1H3,(H,32,33)(H,31,34,35). The monoisotopic (exact) mass is 520 g/mol. The second-order valence-electron chi connectivity index (χ2n) is 9.65. The number of H-pyrrole nitrogens is 2. The van der Waals surface area contributed by atoms with Gasteiger partial charge >= 0.3 is 0 Å². The third-order valence-corrected chi connectivity index (χ3v) is 8.21. The number of nitrogens with one attached hydrogen (secondary N) is 2. The largest absolute Gasteiger partial charge is 0.335 e. The summed E-state index contributed by atoms with van der Waals surface area (Å²) in [5, 5.41) is 8.45. The Hall–Kier alpha value is -4.28. The lowest BCUT2D eigenvalue weighted by atomic mass is 10.1. The Morgan fingerprint density at radius 2 is 1.87 bits per heavy atom. The minimum atomic E-state index is 0.0483. The van der Waals surface area contributed by atoms with Crippen LogP contribution in [-0.2, 0) is 6.54 Å². The lowest BCUT2D eigenvalue weighted by Gasteiger charge is -2.14. The lowest BCUT2D eigenvalue weighted by Crippen LogP contribution is -2.18. The van der Waals surface area contributed by atoms with Gasteiger partial charge in [-0.1, -0.05) is 0 Å². The van der Waals surface area contributed by atoms with E-state index in [4.69, 9.17) is 4.98 Å². The number of carbonyl (C=O) groups excluding carboxylic acids is 1. The van der Waals surface area contributed by atoms with Gasteiger partial charge in [-0.2, -0.15) is 5.10 Å². The first-order valence-electron chi connectivity index (χ1n) is 12.6. The van der Waals surface area contributed by atoms with Crippen LogP contribution in [0.4, 0.5) is 0 Å². The van der Waals surface area contributed by atoms with Gasteiger partial charge in [0.1, 0.15) is 11.2 Å². The summed E-state index contributed by atoms with van der Waals surface area (Å²) in [5.74, 6) is 0.677. The number of ketones is 1. The van der Waals surface area contributed by atoms with Crippen LogP contribution in [0.2, 0.25) is 0 Å². The molecule has 1 aliphatic rings. The van der Waals surface area contributed by atoms with E-state index in [-0.39, 0.29) is 5.78 Å². The zero-order valence-electron chi connectivity index (χ0n) is 20.7. The molecule has 6 aromatic rings. The molecule has 7 heterocycles. The Morgan fingerprint density at radius 1 is 1.03 bits per heavy atom. The van der Waals surface area contributed by atoms with Crippen LogP contribution in [-0.4, -0.2) is 58.9 Å². The molecule has 0 amide bonds. The first-order chi connectivity index (χ1) is 18.6. The molecule has 0 atom stereocenters. The normalized spacial score (nSPS) is 14.1. The van der Waals surface area contributed by atoms with Crippen molar-refractivity contribution in [1.82, 2.24) is 40.0 Å². The Labute approximate surface area is 222 Å². The molecule has 0 spiro atoms. The third-order valence-electron chi connectivity index (χ3n) is 6.99. The van der Waals surface area contributed by atoms with E-state index >= 15 is 0 Å². The van der Waals surface area contributed by atoms with Crippen LogP contribution in [0, 0.1) is 0 Å². The minimum Gasteiger partial charge on any atom is -0.335 e. The molecule has 188 valence electrons. The van der Waals surface area contributed by atoms with Crippen molar-refractivity contribution in [3.05, 3.63) is 65.7 Å². The van der Waals surface area contributed by atoms with Crippen molar-refractivity contribution in [1.29, 1.82) is 0 Å². The van der Waals surface area contributed by atoms with Gasteiger partial charge in [0.15, 0.2) is 17.3 Å². The highest BCUT2D eigenvalue weighted by Crippen LogP contribution is 2.35. The van der Waals surface area contributed by atoms with Gasteiger partial charge in [-0.25, -0.2) is 9.97 Å². The maximum atomic E-state index is 11.8. The van der Waals surface area contributed by atoms with Crippen molar-refractivity contribution < 1.29 is 4.79 Å². The van der Waals surface area contributed by atoms with Crippen molar-refractivity contribution in [3.63, 3.8) is 0 Å². The molecule has 0 unspecified atom stereocenters. The molecule has 9 nitrogen and oxygen atoms in total. The number of likely N-dealkylation sites (tertiary alicyclic amines) is 1. The quantitative estimate of drug-likeness (QED) is 0.279. The van der Waals surface area contributed by atoms with E-state index in [9.17, 15) is 4.79 Å². The SMILES string of the molecule is CC(=O)c1ccc(-c2cncc3[nH]c(-c4n[nH]c5ncc(-c6cncc(CN7CCCC7)c6)cc45)nc23)s1. The summed E-state index contributed by atoms with van der Waals surface area (Å²) in [6.45, 7) is 4.79. The minimum absolute atomic E-state index is 0.0483. The first kappa shape index (κ1) is 22.9. The van der Waals surface area contributed by atoms with E-state index in [0.717, 1.165) is 57.6 Å². The molecule has 0 aliphatic carbocycles. The number of fused-ring (bicyclic) bond motifs is 2. The summed E-state index contributed by atoms with van der Waals surface area (Å²) in [6, 6.07) is 8.07. The van der Waals surface area contributed by atoms with Crippen LogP contribution < -0.4 is 0 Å². The lowest BCUT2D eigenvalue weighted by molar-refractivity contribution is 0.102. The van der Waals surface area contributed by atoms with E-state index < -0.39 is 0 Å². The molecule has 1 fully saturated rings. The Balaban J connectivity index is 1.27. The molecule has 7 rings (SSSR count). The van der Waals surface area contributed by atoms with Gasteiger partial charge in [-0.15, -0.1) is 11.3 Å². The summed E-state index contributed by atoms with van der Waals surface area (Å²) >= 11 is 1.44. The van der Waals surface area contributed by atoms with Gasteiger partial charge in [-0.05, 0) is 62.7 Å². The van der Waals surface area contributed by atoms with Gasteiger partial charge in [0, 0.05) is 52.9 Å². The molecule has 6 aromatic heterocycles. The molecule has 2 N–H and O–H groups in total. The van der Waals surface area contributed by atoms with Crippen LogP contribution in [0.1, 0.15) is 35.0 Å². The van der Waals surface area contributed by atoms with Crippen LogP contribution in [0.15, 0.2) is 55.2 Å². The second kappa shape index (κ2) is 9.23. The molecular weight excluding hydrogens is 496 g/mol. The highest BCUT2D eigenvalue weighted by atomic mass is 32.1. The number of hydrogen-bond acceptors (Lipinski definition) is 8. The number of thiophene rings is 1. The molecule has 0 aromatic carbocycles. The molecule has 1 aliphatic heterocycles. The van der Waals surface area contributed by atoms with Crippen molar-refractivity contribution in [2.75, 3.05) is 13.1 Å². The Kier molecular flexibility index (Phi) is 5.56. The molecule has 0 bridgehead atoms. The number of aromatic nitrogens is 7. The summed E-state index contributed by atoms with van der Waals surface area (Å²) in [6.07, 6.45) is 11.8. The van der Waals surface area contributed by atoms with E-state index in [2.05, 4.69) is 47.2 Å². The number of nitrogens with zero attached hydrogens (tertiary/aromatic N) is 6. The van der Waals surface area contributed by atoms with Crippen molar-refractivity contribution in [3.8, 4) is 33.1 Å². The summed E-state index contributed by atoms with van der Waals surface area (Å²) in [7, 11) is 0. The molecular formula is C28H24N8OS. The maximum absolute atomic E-state index is 11.8. The van der Waals surface area contributed by atoms with Crippen molar-refractivity contribution in [2.45, 2.75) is 26.3 Å².